The molecule has 0 fully saturated rings. The van der Waals surface area contributed by atoms with E-state index in [2.05, 4.69) is 52.5 Å². The predicted octanol–water partition coefficient (Wildman–Crippen LogP) is -1.84. The Balaban J connectivity index is 3.69. The predicted molar refractivity (Wildman–Crippen MR) is 304 cm³/mol. The number of nitrogens with one attached hydrogen (secondary N) is 8. The van der Waals surface area contributed by atoms with E-state index in [0.717, 1.165) is 0 Å². The van der Waals surface area contributed by atoms with Gasteiger partial charge in [-0.15, -0.1) is 0 Å². The highest BCUT2D eigenvalue weighted by atomic mass is 32.2. The molecule has 0 radical (unpaired) electrons. The number of benzene rings is 1. The Bertz CT molecular complexity index is 2190. The Kier molecular flexibility index (Phi) is 32.4. The highest BCUT2D eigenvalue weighted by Crippen LogP contribution is 2.14. The fraction of sp³-hybridized carbons (Fsp3) is 0.673. The number of aliphatic hydroxyl groups is 1. The standard InChI is InChI=1S/C52H91N15O11S/c1-27(2)24-36(46(73)66-40(30(7)8)48(75)67-41(31(9)68)49(76)64-38(50(77)78)25-28(3)4)62-45(72)37(26-32-16-12-11-13-17-32)63-44(71)34(18-14-21-58-51(54)55)60-43(70)35(19-15-22-59-52(56)57)61-47(74)39(29(5)6)65-42(69)33(53)20-23-79-10/h11-13,16-17,27-31,33-41,68H,14-15,18-26,53H2,1-10H3,(H,60,70)(H,61,74)(H,62,72)(H,63,71)(H,64,76)(H,65,69)(H,66,73)(H,67,75)(H,77,78)(H4,54,55,58)(H4,56,57,59)/t31-,33+,34+,35+,36+,37+,38+,39+,40+,41+/m1/s1. The number of carboxylic acids is 1. The van der Waals surface area contributed by atoms with Gasteiger partial charge in [0.05, 0.1) is 12.1 Å². The van der Waals surface area contributed by atoms with E-state index in [1.165, 1.54) is 18.7 Å². The van der Waals surface area contributed by atoms with Gasteiger partial charge in [0.1, 0.15) is 48.3 Å². The molecule has 0 aliphatic carbocycles. The van der Waals surface area contributed by atoms with Crippen LogP contribution in [0.1, 0.15) is 113 Å². The molecule has 1 rings (SSSR count). The molecule has 0 aromatic heterocycles. The third-order valence-corrected chi connectivity index (χ3v) is 12.9. The Hall–Kier alpha value is -6.74. The smallest absolute Gasteiger partial charge is 0.326 e. The number of hydrogen-bond acceptors (Lipinski definition) is 14. The topological polar surface area (TPSA) is 445 Å². The van der Waals surface area contributed by atoms with Crippen LogP contribution in [0, 0.1) is 23.7 Å². The minimum atomic E-state index is -1.61. The van der Waals surface area contributed by atoms with E-state index in [-0.39, 0.29) is 81.8 Å². The molecule has 0 unspecified atom stereocenters. The van der Waals surface area contributed by atoms with Crippen molar-refractivity contribution in [2.45, 2.75) is 174 Å². The minimum absolute atomic E-state index is 0.0253. The van der Waals surface area contributed by atoms with E-state index in [1.54, 1.807) is 85.7 Å². The highest BCUT2D eigenvalue weighted by molar-refractivity contribution is 7.98. The van der Waals surface area contributed by atoms with Crippen molar-refractivity contribution < 1.29 is 53.4 Å². The maximum absolute atomic E-state index is 14.6. The molecule has 26 nitrogen and oxygen atoms in total. The first-order chi connectivity index (χ1) is 37.0. The first-order valence-electron chi connectivity index (χ1n) is 26.7. The van der Waals surface area contributed by atoms with Crippen LogP contribution in [0.3, 0.4) is 0 Å². The molecular weight excluding hydrogens is 1040 g/mol. The maximum atomic E-state index is 14.6. The summed E-state index contributed by atoms with van der Waals surface area (Å²) in [5, 5.41) is 41.4. The monoisotopic (exact) mass is 1130 g/mol. The number of guanidine groups is 2. The number of carbonyl (C=O) groups is 9. The fourth-order valence-electron chi connectivity index (χ4n) is 7.95. The summed E-state index contributed by atoms with van der Waals surface area (Å²) in [5.74, 6) is -8.82. The molecular formula is C52H91N15O11S. The van der Waals surface area contributed by atoms with E-state index in [4.69, 9.17) is 28.7 Å². The molecule has 0 bridgehead atoms. The number of amides is 8. The molecule has 0 aliphatic heterocycles. The Morgan fingerprint density at radius 2 is 0.886 bits per heavy atom. The van der Waals surface area contributed by atoms with Gasteiger partial charge in [0.25, 0.3) is 0 Å². The zero-order chi connectivity index (χ0) is 60.1. The van der Waals surface area contributed by atoms with Crippen molar-refractivity contribution in [1.29, 1.82) is 0 Å². The number of carbonyl (C=O) groups excluding carboxylic acids is 8. The summed E-state index contributed by atoms with van der Waals surface area (Å²) in [4.78, 5) is 132. The first-order valence-corrected chi connectivity index (χ1v) is 28.1. The molecule has 446 valence electrons. The van der Waals surface area contributed by atoms with Crippen molar-refractivity contribution in [3.8, 4) is 0 Å². The summed E-state index contributed by atoms with van der Waals surface area (Å²) in [6, 6.07) is -2.97. The van der Waals surface area contributed by atoms with Crippen molar-refractivity contribution in [2.24, 2.45) is 62.3 Å². The van der Waals surface area contributed by atoms with Gasteiger partial charge in [-0.3, -0.25) is 48.3 Å². The minimum Gasteiger partial charge on any atom is -0.480 e. The summed E-state index contributed by atoms with van der Waals surface area (Å²) in [5.41, 5.74) is 28.9. The maximum Gasteiger partial charge on any atom is 0.326 e. The molecule has 27 heteroatoms. The van der Waals surface area contributed by atoms with E-state index in [0.29, 0.717) is 17.7 Å². The molecule has 1 aromatic rings. The zero-order valence-electron chi connectivity index (χ0n) is 47.5. The molecule has 20 N–H and O–H groups in total. The Labute approximate surface area is 468 Å². The van der Waals surface area contributed by atoms with Gasteiger partial charge in [-0.2, -0.15) is 11.8 Å². The Morgan fingerprint density at radius 3 is 1.33 bits per heavy atom. The summed E-state index contributed by atoms with van der Waals surface area (Å²) < 4.78 is 0. The second kappa shape index (κ2) is 36.4. The molecule has 8 amide bonds. The van der Waals surface area contributed by atoms with E-state index in [1.807, 2.05) is 6.26 Å². The third kappa shape index (κ3) is 27.6. The number of nitrogens with two attached hydrogens (primary N) is 5. The third-order valence-electron chi connectivity index (χ3n) is 12.3. The van der Waals surface area contributed by atoms with E-state index >= 15 is 0 Å². The first kappa shape index (κ1) is 70.3. The van der Waals surface area contributed by atoms with Gasteiger partial charge >= 0.3 is 5.97 Å². The van der Waals surface area contributed by atoms with Crippen molar-refractivity contribution in [3.05, 3.63) is 35.9 Å². The second-order valence-corrected chi connectivity index (χ2v) is 22.1. The number of carboxylic acid groups (broad SMARTS) is 1. The second-order valence-electron chi connectivity index (χ2n) is 21.1. The average Bonchev–Trinajstić information content (AvgIpc) is 3.35. The number of aliphatic carboxylic acids is 1. The number of rotatable bonds is 37. The Morgan fingerprint density at radius 1 is 0.506 bits per heavy atom. The van der Waals surface area contributed by atoms with Crippen LogP contribution in [0.25, 0.3) is 0 Å². The summed E-state index contributed by atoms with van der Waals surface area (Å²) in [7, 11) is 0. The van der Waals surface area contributed by atoms with Crippen LogP contribution >= 0.6 is 11.8 Å². The van der Waals surface area contributed by atoms with Crippen LogP contribution in [-0.2, 0) is 49.6 Å². The van der Waals surface area contributed by atoms with E-state index < -0.39 is 126 Å². The number of aliphatic imine (C=N–C) groups is 2. The molecule has 0 saturated carbocycles. The lowest BCUT2D eigenvalue weighted by atomic mass is 9.98. The normalized spacial score (nSPS) is 15.1. The van der Waals surface area contributed by atoms with Gasteiger partial charge in [-0.25, -0.2) is 4.79 Å². The summed E-state index contributed by atoms with van der Waals surface area (Å²) >= 11 is 1.51. The number of aliphatic hydroxyl groups excluding tert-OH is 1. The van der Waals surface area contributed by atoms with Gasteiger partial charge in [-0.05, 0) is 93.1 Å². The molecule has 0 saturated heterocycles. The lowest BCUT2D eigenvalue weighted by Crippen LogP contribution is -2.62. The largest absolute Gasteiger partial charge is 0.480 e. The quantitative estimate of drug-likeness (QED) is 0.0198. The van der Waals surface area contributed by atoms with Gasteiger partial charge in [-0.1, -0.05) is 85.7 Å². The SMILES string of the molecule is CSCC[C@H](N)C(=O)N[C@H](C(=O)N[C@@H](CCCN=C(N)N)C(=O)N[C@@H](CCCN=C(N)N)C(=O)N[C@@H](Cc1ccccc1)C(=O)N[C@@H](CC(C)C)C(=O)N[C@H](C(=O)N[C@H](C(=O)N[C@@H](CC(C)C)C(=O)O)[C@@H](C)O)C(C)C)C(C)C. The van der Waals surface area contributed by atoms with Crippen LogP contribution in [0.5, 0.6) is 0 Å². The molecule has 10 atom stereocenters. The number of thioether (sulfide) groups is 1. The van der Waals surface area contributed by atoms with Crippen molar-refractivity contribution in [3.63, 3.8) is 0 Å². The lowest BCUT2D eigenvalue weighted by molar-refractivity contribution is -0.143. The lowest BCUT2D eigenvalue weighted by Gasteiger charge is -2.30. The zero-order valence-corrected chi connectivity index (χ0v) is 48.3. The van der Waals surface area contributed by atoms with Crippen LogP contribution in [0.15, 0.2) is 40.3 Å². The summed E-state index contributed by atoms with van der Waals surface area (Å²) in [6.45, 7) is 15.1. The van der Waals surface area contributed by atoms with Crippen molar-refractivity contribution in [2.75, 3.05) is 25.1 Å². The van der Waals surface area contributed by atoms with Crippen LogP contribution in [-0.4, -0.2) is 161 Å². The fourth-order valence-corrected chi connectivity index (χ4v) is 8.44. The summed E-state index contributed by atoms with van der Waals surface area (Å²) in [6.07, 6.45) is 1.01. The molecule has 0 heterocycles. The van der Waals surface area contributed by atoms with Crippen molar-refractivity contribution >= 4 is 76.9 Å². The van der Waals surface area contributed by atoms with Gasteiger partial charge < -0.3 is 81.4 Å². The molecule has 0 aliphatic rings. The van der Waals surface area contributed by atoms with Gasteiger partial charge in [0.2, 0.25) is 47.3 Å². The van der Waals surface area contributed by atoms with Crippen LogP contribution in [0.4, 0.5) is 0 Å². The average molecular weight is 1130 g/mol. The highest BCUT2D eigenvalue weighted by Gasteiger charge is 2.37. The molecule has 0 spiro atoms. The van der Waals surface area contributed by atoms with Gasteiger partial charge in [0, 0.05) is 19.5 Å². The van der Waals surface area contributed by atoms with E-state index in [9.17, 15) is 53.4 Å². The number of hydrogen-bond donors (Lipinski definition) is 15. The van der Waals surface area contributed by atoms with Gasteiger partial charge in [0.15, 0.2) is 11.9 Å². The van der Waals surface area contributed by atoms with Crippen LogP contribution < -0.4 is 71.2 Å². The van der Waals surface area contributed by atoms with Crippen LogP contribution in [0.2, 0.25) is 0 Å². The van der Waals surface area contributed by atoms with Crippen molar-refractivity contribution in [1.82, 2.24) is 42.5 Å². The molecule has 79 heavy (non-hydrogen) atoms. The number of nitrogens with zero attached hydrogens (tertiary/aromatic N) is 2. The molecule has 1 aromatic carbocycles.